The van der Waals surface area contributed by atoms with Gasteiger partial charge in [0.25, 0.3) is 0 Å². The zero-order valence-electron chi connectivity index (χ0n) is 9.71. The van der Waals surface area contributed by atoms with Crippen molar-refractivity contribution in [1.82, 2.24) is 4.90 Å². The van der Waals surface area contributed by atoms with Gasteiger partial charge in [-0.2, -0.15) is 0 Å². The molecule has 0 aliphatic heterocycles. The van der Waals surface area contributed by atoms with Crippen LogP contribution < -0.4 is 0 Å². The molecule has 1 aliphatic rings. The summed E-state index contributed by atoms with van der Waals surface area (Å²) < 4.78 is 0. The summed E-state index contributed by atoms with van der Waals surface area (Å²) in [6, 6.07) is 0.876. The molecule has 0 aromatic carbocycles. The Morgan fingerprint density at radius 3 is 2.08 bits per heavy atom. The van der Waals surface area contributed by atoms with E-state index in [1.165, 1.54) is 32.4 Å². The van der Waals surface area contributed by atoms with Gasteiger partial charge in [-0.05, 0) is 44.2 Å². The van der Waals surface area contributed by atoms with Gasteiger partial charge < -0.3 is 4.90 Å². The average molecular weight is 183 g/mol. The number of nitrogens with zero attached hydrogens (tertiary/aromatic N) is 1. The van der Waals surface area contributed by atoms with Crippen molar-refractivity contribution in [3.05, 3.63) is 0 Å². The summed E-state index contributed by atoms with van der Waals surface area (Å²) in [5.74, 6) is 1.88. The van der Waals surface area contributed by atoms with Gasteiger partial charge in [0.15, 0.2) is 0 Å². The second-order valence-corrected chi connectivity index (χ2v) is 4.64. The summed E-state index contributed by atoms with van der Waals surface area (Å²) >= 11 is 0. The van der Waals surface area contributed by atoms with E-state index in [0.717, 1.165) is 17.9 Å². The Kier molecular flexibility index (Phi) is 4.24. The standard InChI is InChI=1S/C12H25N/c1-5-13(6-2)12-8-7-10(3)11(4)9-12/h10-12H,5-9H2,1-4H3/t10-,11?,12?/m1/s1. The molecule has 0 heterocycles. The van der Waals surface area contributed by atoms with Gasteiger partial charge in [-0.1, -0.05) is 27.7 Å². The van der Waals surface area contributed by atoms with Crippen LogP contribution in [0.15, 0.2) is 0 Å². The van der Waals surface area contributed by atoms with Crippen LogP contribution in [0.25, 0.3) is 0 Å². The summed E-state index contributed by atoms with van der Waals surface area (Å²) in [5.41, 5.74) is 0. The SMILES string of the molecule is CCN(CC)C1CC[C@@H](C)C(C)C1. The second-order valence-electron chi connectivity index (χ2n) is 4.64. The Bertz CT molecular complexity index is 140. The van der Waals surface area contributed by atoms with E-state index in [1.54, 1.807) is 0 Å². The molecule has 1 rings (SSSR count). The molecule has 1 aliphatic carbocycles. The van der Waals surface area contributed by atoms with Crippen LogP contribution in [0.5, 0.6) is 0 Å². The molecule has 0 saturated heterocycles. The molecule has 0 amide bonds. The molecule has 1 saturated carbocycles. The van der Waals surface area contributed by atoms with Gasteiger partial charge in [-0.15, -0.1) is 0 Å². The number of rotatable bonds is 3. The van der Waals surface area contributed by atoms with E-state index in [1.807, 2.05) is 0 Å². The van der Waals surface area contributed by atoms with E-state index in [0.29, 0.717) is 0 Å². The first-order valence-corrected chi connectivity index (χ1v) is 5.93. The maximum Gasteiger partial charge on any atom is 0.00977 e. The minimum atomic E-state index is 0.876. The fourth-order valence-corrected chi connectivity index (χ4v) is 2.59. The largest absolute Gasteiger partial charge is 0.301 e. The van der Waals surface area contributed by atoms with Gasteiger partial charge >= 0.3 is 0 Å². The molecular formula is C12H25N. The summed E-state index contributed by atoms with van der Waals surface area (Å²) in [6.07, 6.45) is 4.28. The van der Waals surface area contributed by atoms with Crippen molar-refractivity contribution in [2.24, 2.45) is 11.8 Å². The van der Waals surface area contributed by atoms with E-state index in [-0.39, 0.29) is 0 Å². The van der Waals surface area contributed by atoms with Crippen LogP contribution >= 0.6 is 0 Å². The summed E-state index contributed by atoms with van der Waals surface area (Å²) in [4.78, 5) is 2.63. The molecule has 1 heteroatoms. The van der Waals surface area contributed by atoms with E-state index in [9.17, 15) is 0 Å². The van der Waals surface area contributed by atoms with Crippen LogP contribution in [0.2, 0.25) is 0 Å². The lowest BCUT2D eigenvalue weighted by molar-refractivity contribution is 0.119. The molecule has 0 bridgehead atoms. The second kappa shape index (κ2) is 4.99. The van der Waals surface area contributed by atoms with Crippen molar-refractivity contribution in [1.29, 1.82) is 0 Å². The molecule has 0 N–H and O–H groups in total. The Morgan fingerprint density at radius 2 is 1.62 bits per heavy atom. The summed E-state index contributed by atoms with van der Waals surface area (Å²) in [6.45, 7) is 11.8. The molecule has 13 heavy (non-hydrogen) atoms. The van der Waals surface area contributed by atoms with E-state index in [4.69, 9.17) is 0 Å². The van der Waals surface area contributed by atoms with Crippen molar-refractivity contribution in [3.63, 3.8) is 0 Å². The van der Waals surface area contributed by atoms with Crippen LogP contribution in [0.3, 0.4) is 0 Å². The lowest BCUT2D eigenvalue weighted by Crippen LogP contribution is -2.40. The Balaban J connectivity index is 2.44. The third-order valence-corrected chi connectivity index (χ3v) is 3.90. The van der Waals surface area contributed by atoms with Crippen LogP contribution in [-0.4, -0.2) is 24.0 Å². The molecule has 0 aromatic rings. The molecule has 3 atom stereocenters. The maximum absolute atomic E-state index is 2.63. The minimum Gasteiger partial charge on any atom is -0.301 e. The van der Waals surface area contributed by atoms with Gasteiger partial charge in [-0.25, -0.2) is 0 Å². The lowest BCUT2D eigenvalue weighted by atomic mass is 9.78. The molecule has 0 aromatic heterocycles. The molecule has 0 spiro atoms. The number of hydrogen-bond acceptors (Lipinski definition) is 1. The molecule has 1 nitrogen and oxygen atoms in total. The van der Waals surface area contributed by atoms with Gasteiger partial charge in [0.05, 0.1) is 0 Å². The Morgan fingerprint density at radius 1 is 1.00 bits per heavy atom. The van der Waals surface area contributed by atoms with Gasteiger partial charge in [0.2, 0.25) is 0 Å². The van der Waals surface area contributed by atoms with Crippen molar-refractivity contribution in [2.45, 2.75) is 53.0 Å². The fourth-order valence-electron chi connectivity index (χ4n) is 2.59. The van der Waals surface area contributed by atoms with Crippen LogP contribution in [0.4, 0.5) is 0 Å². The maximum atomic E-state index is 2.63. The van der Waals surface area contributed by atoms with E-state index in [2.05, 4.69) is 32.6 Å². The van der Waals surface area contributed by atoms with Gasteiger partial charge in [0.1, 0.15) is 0 Å². The third-order valence-electron chi connectivity index (χ3n) is 3.90. The zero-order chi connectivity index (χ0) is 9.84. The van der Waals surface area contributed by atoms with E-state index >= 15 is 0 Å². The van der Waals surface area contributed by atoms with Gasteiger partial charge in [-0.3, -0.25) is 0 Å². The highest BCUT2D eigenvalue weighted by atomic mass is 15.1. The first kappa shape index (κ1) is 11.0. The van der Waals surface area contributed by atoms with Crippen molar-refractivity contribution < 1.29 is 0 Å². The monoisotopic (exact) mass is 183 g/mol. The molecule has 1 fully saturated rings. The highest BCUT2D eigenvalue weighted by Gasteiger charge is 2.26. The van der Waals surface area contributed by atoms with Crippen LogP contribution in [0, 0.1) is 11.8 Å². The first-order chi connectivity index (χ1) is 6.19. The minimum absolute atomic E-state index is 0.876. The van der Waals surface area contributed by atoms with E-state index < -0.39 is 0 Å². The van der Waals surface area contributed by atoms with Gasteiger partial charge in [0, 0.05) is 6.04 Å². The van der Waals surface area contributed by atoms with Crippen LogP contribution in [-0.2, 0) is 0 Å². The van der Waals surface area contributed by atoms with Crippen LogP contribution in [0.1, 0.15) is 47.0 Å². The highest BCUT2D eigenvalue weighted by molar-refractivity contribution is 4.81. The normalized spacial score (nSPS) is 35.3. The third kappa shape index (κ3) is 2.70. The topological polar surface area (TPSA) is 3.24 Å². The van der Waals surface area contributed by atoms with Crippen molar-refractivity contribution in [3.8, 4) is 0 Å². The molecule has 0 radical (unpaired) electrons. The fraction of sp³-hybridized carbons (Fsp3) is 1.00. The molecular weight excluding hydrogens is 158 g/mol. The Labute approximate surface area is 83.5 Å². The lowest BCUT2D eigenvalue weighted by Gasteiger charge is -2.38. The molecule has 2 unspecified atom stereocenters. The summed E-state index contributed by atoms with van der Waals surface area (Å²) in [5, 5.41) is 0. The first-order valence-electron chi connectivity index (χ1n) is 5.93. The predicted octanol–water partition coefficient (Wildman–Crippen LogP) is 3.15. The smallest absolute Gasteiger partial charge is 0.00977 e. The van der Waals surface area contributed by atoms with Crippen molar-refractivity contribution >= 4 is 0 Å². The quantitative estimate of drug-likeness (QED) is 0.649. The average Bonchev–Trinajstić information content (AvgIpc) is 2.13. The Hall–Kier alpha value is -0.0400. The zero-order valence-corrected chi connectivity index (χ0v) is 9.71. The molecule has 78 valence electrons. The highest BCUT2D eigenvalue weighted by Crippen LogP contribution is 2.31. The van der Waals surface area contributed by atoms with Crippen molar-refractivity contribution in [2.75, 3.05) is 13.1 Å². The number of hydrogen-bond donors (Lipinski definition) is 0. The predicted molar refractivity (Wildman–Crippen MR) is 58.9 cm³/mol. The summed E-state index contributed by atoms with van der Waals surface area (Å²) in [7, 11) is 0.